The molecule has 3 nitrogen and oxygen atoms in total. The number of pyridine rings is 1. The first-order chi connectivity index (χ1) is 9.22. The highest BCUT2D eigenvalue weighted by atomic mass is 79.9. The maximum Gasteiger partial charge on any atom is 0.263 e. The summed E-state index contributed by atoms with van der Waals surface area (Å²) in [6.45, 7) is 3.74. The Kier molecular flexibility index (Phi) is 4.87. The molecule has 0 aliphatic heterocycles. The van der Waals surface area contributed by atoms with Crippen LogP contribution in [-0.2, 0) is 0 Å². The van der Waals surface area contributed by atoms with Crippen molar-refractivity contribution in [1.29, 1.82) is 0 Å². The van der Waals surface area contributed by atoms with Crippen LogP contribution < -0.4 is 5.32 Å². The maximum atomic E-state index is 12.2. The number of amides is 1. The minimum atomic E-state index is -0.0815. The van der Waals surface area contributed by atoms with Crippen LogP contribution in [0.5, 0.6) is 0 Å². The molecule has 0 aliphatic rings. The number of halogens is 1. The number of aromatic nitrogens is 1. The summed E-state index contributed by atoms with van der Waals surface area (Å²) >= 11 is 4.79. The van der Waals surface area contributed by atoms with Crippen molar-refractivity contribution in [2.45, 2.75) is 12.5 Å². The average Bonchev–Trinajstić information content (AvgIpc) is 2.85. The maximum absolute atomic E-state index is 12.2. The molecule has 0 spiro atoms. The third-order valence-corrected chi connectivity index (χ3v) is 4.48. The molecule has 0 aromatic carbocycles. The SMILES string of the molecule is C=CC[C@H](NC(=O)c1sccc1Br)c1ccncc1. The van der Waals surface area contributed by atoms with Crippen molar-refractivity contribution >= 4 is 33.2 Å². The van der Waals surface area contributed by atoms with Crippen LogP contribution in [0.3, 0.4) is 0 Å². The van der Waals surface area contributed by atoms with Gasteiger partial charge in [-0.25, -0.2) is 0 Å². The van der Waals surface area contributed by atoms with E-state index < -0.39 is 0 Å². The molecule has 2 aromatic rings. The third-order valence-electron chi connectivity index (χ3n) is 2.64. The molecule has 0 unspecified atom stereocenters. The molecule has 0 saturated carbocycles. The summed E-state index contributed by atoms with van der Waals surface area (Å²) in [5.41, 5.74) is 1.02. The minimum absolute atomic E-state index is 0.0782. The van der Waals surface area contributed by atoms with Gasteiger partial charge in [-0.1, -0.05) is 6.08 Å². The number of hydrogen-bond donors (Lipinski definition) is 1. The minimum Gasteiger partial charge on any atom is -0.344 e. The molecule has 2 aromatic heterocycles. The predicted octanol–water partition coefficient (Wildman–Crippen LogP) is 3.95. The smallest absolute Gasteiger partial charge is 0.263 e. The van der Waals surface area contributed by atoms with E-state index in [0.29, 0.717) is 11.3 Å². The Labute approximate surface area is 124 Å². The van der Waals surface area contributed by atoms with Crippen LogP contribution in [0.25, 0.3) is 0 Å². The van der Waals surface area contributed by atoms with Crippen LogP contribution in [0.1, 0.15) is 27.7 Å². The molecule has 0 radical (unpaired) electrons. The molecule has 19 heavy (non-hydrogen) atoms. The van der Waals surface area contributed by atoms with Crippen molar-refractivity contribution in [3.8, 4) is 0 Å². The van der Waals surface area contributed by atoms with Gasteiger partial charge in [-0.3, -0.25) is 9.78 Å². The molecule has 1 amide bonds. The Bertz CT molecular complexity index is 568. The van der Waals surface area contributed by atoms with Gasteiger partial charge in [0.1, 0.15) is 4.88 Å². The van der Waals surface area contributed by atoms with Gasteiger partial charge in [0, 0.05) is 16.9 Å². The van der Waals surface area contributed by atoms with Gasteiger partial charge in [0.25, 0.3) is 5.91 Å². The molecular weight excluding hydrogens is 324 g/mol. The number of carbonyl (C=O) groups is 1. The summed E-state index contributed by atoms with van der Waals surface area (Å²) in [4.78, 5) is 16.9. The second kappa shape index (κ2) is 6.63. The van der Waals surface area contributed by atoms with E-state index >= 15 is 0 Å². The highest BCUT2D eigenvalue weighted by molar-refractivity contribution is 9.10. The highest BCUT2D eigenvalue weighted by Crippen LogP contribution is 2.24. The summed E-state index contributed by atoms with van der Waals surface area (Å²) in [6.07, 6.45) is 5.92. The Morgan fingerprint density at radius 2 is 2.21 bits per heavy atom. The van der Waals surface area contributed by atoms with Crippen molar-refractivity contribution in [2.75, 3.05) is 0 Å². The second-order valence-electron chi connectivity index (χ2n) is 3.93. The highest BCUT2D eigenvalue weighted by Gasteiger charge is 2.17. The predicted molar refractivity (Wildman–Crippen MR) is 81.3 cm³/mol. The molecular formula is C14H13BrN2OS. The van der Waals surface area contributed by atoms with Gasteiger partial charge < -0.3 is 5.32 Å². The van der Waals surface area contributed by atoms with Gasteiger partial charge in [-0.05, 0) is 51.5 Å². The lowest BCUT2D eigenvalue weighted by Crippen LogP contribution is -2.27. The van der Waals surface area contributed by atoms with Gasteiger partial charge in [-0.2, -0.15) is 0 Å². The van der Waals surface area contributed by atoms with Crippen LogP contribution in [0, 0.1) is 0 Å². The second-order valence-corrected chi connectivity index (χ2v) is 5.70. The quantitative estimate of drug-likeness (QED) is 0.840. The summed E-state index contributed by atoms with van der Waals surface area (Å²) in [5.74, 6) is -0.0782. The number of nitrogens with one attached hydrogen (secondary N) is 1. The molecule has 98 valence electrons. The van der Waals surface area contributed by atoms with Gasteiger partial charge in [0.2, 0.25) is 0 Å². The molecule has 0 fully saturated rings. The fraction of sp³-hybridized carbons (Fsp3) is 0.143. The average molecular weight is 337 g/mol. The van der Waals surface area contributed by atoms with Gasteiger partial charge in [0.05, 0.1) is 6.04 Å². The summed E-state index contributed by atoms with van der Waals surface area (Å²) in [6, 6.07) is 5.59. The monoisotopic (exact) mass is 336 g/mol. The van der Waals surface area contributed by atoms with E-state index in [1.807, 2.05) is 23.6 Å². The van der Waals surface area contributed by atoms with E-state index in [9.17, 15) is 4.79 Å². The van der Waals surface area contributed by atoms with Gasteiger partial charge >= 0.3 is 0 Å². The van der Waals surface area contributed by atoms with Crippen molar-refractivity contribution in [1.82, 2.24) is 10.3 Å². The standard InChI is InChI=1S/C14H13BrN2OS/c1-2-3-12(10-4-7-16-8-5-10)17-14(18)13-11(15)6-9-19-13/h2,4-9,12H,1,3H2,(H,17,18)/t12-/m0/s1. The van der Waals surface area contributed by atoms with Crippen molar-refractivity contribution < 1.29 is 4.79 Å². The van der Waals surface area contributed by atoms with Gasteiger partial charge in [0.15, 0.2) is 0 Å². The van der Waals surface area contributed by atoms with E-state index in [2.05, 4.69) is 32.8 Å². The summed E-state index contributed by atoms with van der Waals surface area (Å²) in [7, 11) is 0. The molecule has 0 saturated heterocycles. The van der Waals surface area contributed by atoms with Crippen LogP contribution in [0.2, 0.25) is 0 Å². The van der Waals surface area contributed by atoms with E-state index in [1.54, 1.807) is 18.5 Å². The number of nitrogens with zero attached hydrogens (tertiary/aromatic N) is 1. The fourth-order valence-corrected chi connectivity index (χ4v) is 3.17. The Morgan fingerprint density at radius 1 is 1.47 bits per heavy atom. The molecule has 2 heterocycles. The Hall–Kier alpha value is -1.46. The van der Waals surface area contributed by atoms with Crippen molar-refractivity contribution in [3.05, 3.63) is 63.5 Å². The first-order valence-corrected chi connectivity index (χ1v) is 7.44. The van der Waals surface area contributed by atoms with Crippen LogP contribution in [-0.4, -0.2) is 10.9 Å². The van der Waals surface area contributed by atoms with E-state index in [1.165, 1.54) is 11.3 Å². The topological polar surface area (TPSA) is 42.0 Å². The Balaban J connectivity index is 2.16. The summed E-state index contributed by atoms with van der Waals surface area (Å²) < 4.78 is 0.821. The van der Waals surface area contributed by atoms with Crippen LogP contribution in [0.15, 0.2) is 53.1 Å². The molecule has 5 heteroatoms. The molecule has 1 N–H and O–H groups in total. The zero-order chi connectivity index (χ0) is 13.7. The van der Waals surface area contributed by atoms with Crippen molar-refractivity contribution in [2.24, 2.45) is 0 Å². The number of hydrogen-bond acceptors (Lipinski definition) is 3. The largest absolute Gasteiger partial charge is 0.344 e. The van der Waals surface area contributed by atoms with E-state index in [-0.39, 0.29) is 11.9 Å². The molecule has 1 atom stereocenters. The van der Waals surface area contributed by atoms with Crippen LogP contribution >= 0.6 is 27.3 Å². The lowest BCUT2D eigenvalue weighted by atomic mass is 10.1. The number of thiophene rings is 1. The lowest BCUT2D eigenvalue weighted by Gasteiger charge is -2.17. The van der Waals surface area contributed by atoms with E-state index in [4.69, 9.17) is 0 Å². The normalized spacial score (nSPS) is 11.8. The lowest BCUT2D eigenvalue weighted by molar-refractivity contribution is 0.0940. The Morgan fingerprint density at radius 3 is 2.79 bits per heavy atom. The van der Waals surface area contributed by atoms with E-state index in [0.717, 1.165) is 10.0 Å². The van der Waals surface area contributed by atoms with Gasteiger partial charge in [-0.15, -0.1) is 17.9 Å². The first kappa shape index (κ1) is 14.0. The fourth-order valence-electron chi connectivity index (χ4n) is 1.72. The van der Waals surface area contributed by atoms with Crippen molar-refractivity contribution in [3.63, 3.8) is 0 Å². The zero-order valence-electron chi connectivity index (χ0n) is 10.2. The first-order valence-electron chi connectivity index (χ1n) is 5.77. The summed E-state index contributed by atoms with van der Waals surface area (Å²) in [5, 5.41) is 4.90. The molecule has 2 rings (SSSR count). The number of rotatable bonds is 5. The molecule has 0 bridgehead atoms. The molecule has 0 aliphatic carbocycles. The third kappa shape index (κ3) is 3.52. The number of carbonyl (C=O) groups excluding carboxylic acids is 1. The zero-order valence-corrected chi connectivity index (χ0v) is 12.6. The van der Waals surface area contributed by atoms with Crippen LogP contribution in [0.4, 0.5) is 0 Å².